The Morgan fingerprint density at radius 1 is 1.23 bits per heavy atom. The maximum Gasteiger partial charge on any atom is 0.287 e. The summed E-state index contributed by atoms with van der Waals surface area (Å²) in [5.41, 5.74) is 2.13. The Bertz CT molecular complexity index is 1050. The quantitative estimate of drug-likeness (QED) is 0.673. The number of carbonyl (C=O) groups excluding carboxylic acids is 2. The maximum atomic E-state index is 12.9. The van der Waals surface area contributed by atoms with Crippen molar-refractivity contribution in [3.8, 4) is 16.3 Å². The number of ether oxygens (including phenoxy) is 1. The van der Waals surface area contributed by atoms with E-state index in [0.717, 1.165) is 21.9 Å². The summed E-state index contributed by atoms with van der Waals surface area (Å²) in [5, 5.41) is 5.55. The first kappa shape index (κ1) is 20.2. The third-order valence-corrected chi connectivity index (χ3v) is 6.12. The van der Waals surface area contributed by atoms with Crippen LogP contribution in [0, 0.1) is 6.92 Å². The van der Waals surface area contributed by atoms with Gasteiger partial charge in [-0.1, -0.05) is 12.1 Å². The number of thiazole rings is 1. The predicted octanol–water partition coefficient (Wildman–Crippen LogP) is 3.75. The van der Waals surface area contributed by atoms with Gasteiger partial charge < -0.3 is 19.4 Å². The van der Waals surface area contributed by atoms with Crippen molar-refractivity contribution >= 4 is 23.2 Å². The van der Waals surface area contributed by atoms with E-state index >= 15 is 0 Å². The molecule has 3 aromatic rings. The molecule has 1 fully saturated rings. The van der Waals surface area contributed by atoms with Crippen LogP contribution in [-0.4, -0.2) is 47.9 Å². The molecule has 0 unspecified atom stereocenters. The molecule has 30 heavy (non-hydrogen) atoms. The lowest BCUT2D eigenvalue weighted by Crippen LogP contribution is -2.46. The second kappa shape index (κ2) is 8.71. The van der Waals surface area contributed by atoms with E-state index in [1.54, 1.807) is 23.5 Å². The first-order valence-electron chi connectivity index (χ1n) is 9.80. The second-order valence-electron chi connectivity index (χ2n) is 7.21. The average molecular weight is 426 g/mol. The van der Waals surface area contributed by atoms with E-state index in [0.29, 0.717) is 37.4 Å². The first-order chi connectivity index (χ1) is 14.6. The molecule has 1 aliphatic heterocycles. The largest absolute Gasteiger partial charge is 0.496 e. The summed E-state index contributed by atoms with van der Waals surface area (Å²) in [6.45, 7) is 2.98. The van der Waals surface area contributed by atoms with Gasteiger partial charge in [0.25, 0.3) is 11.8 Å². The molecule has 156 valence electrons. The molecule has 0 atom stereocenters. The van der Waals surface area contributed by atoms with Crippen LogP contribution in [0.3, 0.4) is 0 Å². The summed E-state index contributed by atoms with van der Waals surface area (Å²) >= 11 is 1.43. The van der Waals surface area contributed by atoms with Crippen molar-refractivity contribution in [2.45, 2.75) is 25.8 Å². The van der Waals surface area contributed by atoms with Crippen LogP contribution in [0.4, 0.5) is 0 Å². The fourth-order valence-electron chi connectivity index (χ4n) is 3.56. The van der Waals surface area contributed by atoms with Gasteiger partial charge in [0.1, 0.15) is 16.5 Å². The lowest BCUT2D eigenvalue weighted by Gasteiger charge is -2.31. The van der Waals surface area contributed by atoms with Gasteiger partial charge in [0.05, 0.1) is 18.9 Å². The third-order valence-electron chi connectivity index (χ3n) is 5.25. The Morgan fingerprint density at radius 3 is 2.70 bits per heavy atom. The van der Waals surface area contributed by atoms with Crippen molar-refractivity contribution in [1.29, 1.82) is 0 Å². The van der Waals surface area contributed by atoms with Crippen molar-refractivity contribution in [2.75, 3.05) is 20.2 Å². The van der Waals surface area contributed by atoms with Crippen LogP contribution < -0.4 is 10.1 Å². The summed E-state index contributed by atoms with van der Waals surface area (Å²) in [6.07, 6.45) is 2.90. The number of aromatic nitrogens is 1. The fourth-order valence-corrected chi connectivity index (χ4v) is 4.39. The Kier molecular flexibility index (Phi) is 5.85. The second-order valence-corrected chi connectivity index (χ2v) is 8.07. The fraction of sp³-hybridized carbons (Fsp3) is 0.318. The minimum absolute atomic E-state index is 0.0191. The molecule has 3 heterocycles. The van der Waals surface area contributed by atoms with Crippen LogP contribution in [0.15, 0.2) is 46.4 Å². The van der Waals surface area contributed by atoms with Gasteiger partial charge in [-0.25, -0.2) is 4.98 Å². The zero-order valence-electron chi connectivity index (χ0n) is 16.9. The highest BCUT2D eigenvalue weighted by Crippen LogP contribution is 2.32. The van der Waals surface area contributed by atoms with Crippen molar-refractivity contribution in [3.63, 3.8) is 0 Å². The first-order valence-corrected chi connectivity index (χ1v) is 10.7. The lowest BCUT2D eigenvalue weighted by atomic mass is 10.0. The highest BCUT2D eigenvalue weighted by molar-refractivity contribution is 7.13. The van der Waals surface area contributed by atoms with E-state index in [2.05, 4.69) is 10.3 Å². The third kappa shape index (κ3) is 4.09. The molecular formula is C22H23N3O4S. The Morgan fingerprint density at radius 2 is 2.00 bits per heavy atom. The molecule has 8 heteroatoms. The van der Waals surface area contributed by atoms with Crippen LogP contribution in [0.25, 0.3) is 10.6 Å². The minimum atomic E-state index is -0.205. The van der Waals surface area contributed by atoms with E-state index in [1.165, 1.54) is 17.6 Å². The number of rotatable bonds is 5. The van der Waals surface area contributed by atoms with Crippen molar-refractivity contribution < 1.29 is 18.7 Å². The smallest absolute Gasteiger partial charge is 0.287 e. The number of nitrogens with one attached hydrogen (secondary N) is 1. The molecule has 4 rings (SSSR count). The number of methoxy groups -OCH3 is 1. The van der Waals surface area contributed by atoms with Gasteiger partial charge >= 0.3 is 0 Å². The van der Waals surface area contributed by atoms with Crippen LogP contribution in [-0.2, 0) is 0 Å². The maximum absolute atomic E-state index is 12.9. The number of carbonyl (C=O) groups is 2. The van der Waals surface area contributed by atoms with E-state index in [1.807, 2.05) is 31.2 Å². The standard InChI is InChI=1S/C22H23N3O4S/c1-14-9-12-29-19(14)20(26)23-15-7-10-25(11-8-15)22(27)17-13-30-21(24-17)16-5-3-4-6-18(16)28-2/h3-6,9,12-13,15H,7-8,10-11H2,1-2H3,(H,23,26). The monoisotopic (exact) mass is 425 g/mol. The molecule has 2 amide bonds. The lowest BCUT2D eigenvalue weighted by molar-refractivity contribution is 0.0691. The van der Waals surface area contributed by atoms with Crippen LogP contribution >= 0.6 is 11.3 Å². The molecule has 2 aromatic heterocycles. The van der Waals surface area contributed by atoms with Crippen LogP contribution in [0.2, 0.25) is 0 Å². The number of para-hydroxylation sites is 1. The Balaban J connectivity index is 1.36. The molecular weight excluding hydrogens is 402 g/mol. The number of amides is 2. The molecule has 1 saturated heterocycles. The van der Waals surface area contributed by atoms with Crippen molar-refractivity contribution in [2.24, 2.45) is 0 Å². The number of piperidine rings is 1. The Hall–Kier alpha value is -3.13. The van der Waals surface area contributed by atoms with Gasteiger partial charge in [-0.05, 0) is 38.0 Å². The number of hydrogen-bond acceptors (Lipinski definition) is 6. The van der Waals surface area contributed by atoms with Gasteiger partial charge in [-0.3, -0.25) is 9.59 Å². The highest BCUT2D eigenvalue weighted by Gasteiger charge is 2.27. The highest BCUT2D eigenvalue weighted by atomic mass is 32.1. The molecule has 0 saturated carbocycles. The summed E-state index contributed by atoms with van der Waals surface area (Å²) in [6, 6.07) is 9.42. The Labute approximate surface area is 178 Å². The van der Waals surface area contributed by atoms with E-state index in [-0.39, 0.29) is 17.9 Å². The summed E-state index contributed by atoms with van der Waals surface area (Å²) in [5.74, 6) is 0.788. The molecule has 1 N–H and O–H groups in total. The number of aryl methyl sites for hydroxylation is 1. The minimum Gasteiger partial charge on any atom is -0.496 e. The number of nitrogens with zero attached hydrogens (tertiary/aromatic N) is 2. The molecule has 1 aromatic carbocycles. The predicted molar refractivity (Wildman–Crippen MR) is 114 cm³/mol. The van der Waals surface area contributed by atoms with Crippen molar-refractivity contribution in [1.82, 2.24) is 15.2 Å². The summed E-state index contributed by atoms with van der Waals surface area (Å²) < 4.78 is 10.6. The van der Waals surface area contributed by atoms with Gasteiger partial charge in [0, 0.05) is 30.1 Å². The average Bonchev–Trinajstić information content (AvgIpc) is 3.43. The number of hydrogen-bond donors (Lipinski definition) is 1. The van der Waals surface area contributed by atoms with Gasteiger partial charge in [-0.2, -0.15) is 0 Å². The molecule has 7 nitrogen and oxygen atoms in total. The zero-order chi connectivity index (χ0) is 21.1. The molecule has 0 spiro atoms. The van der Waals surface area contributed by atoms with E-state index in [9.17, 15) is 9.59 Å². The number of benzene rings is 1. The zero-order valence-corrected chi connectivity index (χ0v) is 17.7. The SMILES string of the molecule is COc1ccccc1-c1nc(C(=O)N2CCC(NC(=O)c3occc3C)CC2)cs1. The van der Waals surface area contributed by atoms with Gasteiger partial charge in [-0.15, -0.1) is 11.3 Å². The molecule has 0 aliphatic carbocycles. The summed E-state index contributed by atoms with van der Waals surface area (Å²) in [4.78, 5) is 31.5. The van der Waals surface area contributed by atoms with Crippen LogP contribution in [0.1, 0.15) is 39.4 Å². The van der Waals surface area contributed by atoms with Crippen LogP contribution in [0.5, 0.6) is 5.75 Å². The van der Waals surface area contributed by atoms with E-state index in [4.69, 9.17) is 9.15 Å². The molecule has 0 bridgehead atoms. The normalized spacial score (nSPS) is 14.5. The van der Waals surface area contributed by atoms with E-state index < -0.39 is 0 Å². The molecule has 0 radical (unpaired) electrons. The topological polar surface area (TPSA) is 84.7 Å². The summed E-state index contributed by atoms with van der Waals surface area (Å²) in [7, 11) is 1.62. The molecule has 1 aliphatic rings. The number of likely N-dealkylation sites (tertiary alicyclic amines) is 1. The van der Waals surface area contributed by atoms with Crippen molar-refractivity contribution in [3.05, 3.63) is 59.0 Å². The van der Waals surface area contributed by atoms with Gasteiger partial charge in [0.2, 0.25) is 0 Å². The van der Waals surface area contributed by atoms with Gasteiger partial charge in [0.15, 0.2) is 5.76 Å². The number of furan rings is 1.